The lowest BCUT2D eigenvalue weighted by molar-refractivity contribution is -0.305. The maximum Gasteiger partial charge on any atom is 0.306 e. The lowest BCUT2D eigenvalue weighted by Crippen LogP contribution is -2.61. The maximum atomic E-state index is 13.4. The zero-order valence-electron chi connectivity index (χ0n) is 47.1. The van der Waals surface area contributed by atoms with Crippen molar-refractivity contribution in [1.29, 1.82) is 0 Å². The first-order valence-electron chi connectivity index (χ1n) is 29.2. The fourth-order valence-corrected chi connectivity index (χ4v) is 8.03. The van der Waals surface area contributed by atoms with E-state index < -0.39 is 67.4 Å². The highest BCUT2D eigenvalue weighted by atomic mass is 16.7. The van der Waals surface area contributed by atoms with E-state index in [0.29, 0.717) is 19.3 Å². The van der Waals surface area contributed by atoms with Gasteiger partial charge in [-0.2, -0.15) is 0 Å². The molecule has 0 aliphatic carbocycles. The summed E-state index contributed by atoms with van der Waals surface area (Å²) in [6.07, 6.45) is 63.3. The van der Waals surface area contributed by atoms with Crippen LogP contribution in [0.25, 0.3) is 0 Å². The molecule has 1 aliphatic heterocycles. The summed E-state index contributed by atoms with van der Waals surface area (Å²) >= 11 is 0. The van der Waals surface area contributed by atoms with E-state index in [-0.39, 0.29) is 19.4 Å². The van der Waals surface area contributed by atoms with Crippen molar-refractivity contribution < 1.29 is 49.3 Å². The second kappa shape index (κ2) is 51.3. The number of aliphatic hydroxyl groups is 5. The molecule has 11 nitrogen and oxygen atoms in total. The summed E-state index contributed by atoms with van der Waals surface area (Å²) < 4.78 is 17.5. The number of carbonyl (C=O) groups excluding carboxylic acids is 2. The summed E-state index contributed by atoms with van der Waals surface area (Å²) in [7, 11) is 0. The quantitative estimate of drug-likeness (QED) is 0.0149. The molecule has 11 heteroatoms. The van der Waals surface area contributed by atoms with Gasteiger partial charge in [0.05, 0.1) is 25.4 Å². The monoisotopic (exact) mass is 1060 g/mol. The van der Waals surface area contributed by atoms with E-state index in [0.717, 1.165) is 89.9 Å². The molecule has 428 valence electrons. The fourth-order valence-electron chi connectivity index (χ4n) is 8.03. The Balaban J connectivity index is 2.77. The third-order valence-corrected chi connectivity index (χ3v) is 12.6. The van der Waals surface area contributed by atoms with Crippen molar-refractivity contribution >= 4 is 11.9 Å². The summed E-state index contributed by atoms with van der Waals surface area (Å²) in [5.41, 5.74) is 0. The molecule has 1 amide bonds. The van der Waals surface area contributed by atoms with Crippen LogP contribution in [0.1, 0.15) is 188 Å². The summed E-state index contributed by atoms with van der Waals surface area (Å²) in [5, 5.41) is 56.8. The van der Waals surface area contributed by atoms with Crippen molar-refractivity contribution in [3.63, 3.8) is 0 Å². The fraction of sp³-hybridized carbons (Fsp3) is 0.600. The summed E-state index contributed by atoms with van der Waals surface area (Å²) in [6.45, 7) is 5.43. The van der Waals surface area contributed by atoms with Crippen LogP contribution in [0, 0.1) is 0 Å². The van der Waals surface area contributed by atoms with Crippen molar-refractivity contribution in [1.82, 2.24) is 5.32 Å². The number of carbonyl (C=O) groups is 2. The molecule has 0 aromatic heterocycles. The molecule has 6 N–H and O–H groups in total. The van der Waals surface area contributed by atoms with E-state index in [4.69, 9.17) is 14.2 Å². The van der Waals surface area contributed by atoms with Crippen LogP contribution in [0.3, 0.4) is 0 Å². The topological polar surface area (TPSA) is 175 Å². The van der Waals surface area contributed by atoms with Gasteiger partial charge < -0.3 is 45.1 Å². The number of nitrogens with one attached hydrogen (secondary N) is 1. The third-order valence-electron chi connectivity index (χ3n) is 12.6. The standard InChI is InChI=1S/C65H103NO10/c1-4-7-10-13-16-19-22-25-26-27-28-29-30-31-32-33-35-37-40-43-46-49-52-58(69)64(73)66-56(57(68)51-48-45-42-39-36-24-21-18-15-12-9-6-3)55-74-65-63(62(72)61(71)59(54-67)75-65)76-60(70)53-50-47-44-41-38-34-23-20-17-14-11-8-5-2/h7-8,10-11,14,16-17,19-20,23,25-26,28-29,31-32,34-35,37-38,41,44,48,51,56-59,61-63,65,67-69,71-72H,4-6,9,12-13,15,18,21-22,24,27,30,33,36,39-40,42-43,45-47,49-50,52-55H2,1-3H3,(H,66,73)/b10-7-,11-8+,17-14+,19-16-,23-20-,26-25-,29-28-,32-31-,37-35-,38-34-,44-41+,51-48+. The Labute approximate surface area is 460 Å². The van der Waals surface area contributed by atoms with Gasteiger partial charge in [-0.25, -0.2) is 0 Å². The molecule has 0 spiro atoms. The second-order valence-corrected chi connectivity index (χ2v) is 19.4. The average molecular weight is 1060 g/mol. The van der Waals surface area contributed by atoms with Crippen molar-refractivity contribution in [2.75, 3.05) is 13.2 Å². The number of amides is 1. The van der Waals surface area contributed by atoms with Crippen LogP contribution >= 0.6 is 0 Å². The van der Waals surface area contributed by atoms with Crippen molar-refractivity contribution in [3.05, 3.63) is 146 Å². The van der Waals surface area contributed by atoms with Crippen LogP contribution in [-0.4, -0.2) is 99.6 Å². The first kappa shape index (κ1) is 69.6. The Morgan fingerprint density at radius 1 is 0.539 bits per heavy atom. The molecule has 1 saturated heterocycles. The number of unbranched alkanes of at least 4 members (excludes halogenated alkanes) is 14. The lowest BCUT2D eigenvalue weighted by Gasteiger charge is -2.41. The Morgan fingerprint density at radius 3 is 1.57 bits per heavy atom. The lowest BCUT2D eigenvalue weighted by atomic mass is 9.99. The number of allylic oxidation sites excluding steroid dienone is 23. The van der Waals surface area contributed by atoms with Crippen LogP contribution < -0.4 is 5.32 Å². The van der Waals surface area contributed by atoms with Crippen LogP contribution in [-0.2, 0) is 23.8 Å². The van der Waals surface area contributed by atoms with Gasteiger partial charge in [0.15, 0.2) is 12.4 Å². The largest absolute Gasteiger partial charge is 0.454 e. The second-order valence-electron chi connectivity index (χ2n) is 19.4. The number of hydrogen-bond acceptors (Lipinski definition) is 10. The van der Waals surface area contributed by atoms with Crippen molar-refractivity contribution in [3.8, 4) is 0 Å². The molecule has 1 rings (SSSR count). The Bertz CT molecular complexity index is 1790. The Morgan fingerprint density at radius 2 is 1.01 bits per heavy atom. The smallest absolute Gasteiger partial charge is 0.306 e. The number of esters is 1. The summed E-state index contributed by atoms with van der Waals surface area (Å²) in [4.78, 5) is 26.4. The Hall–Kier alpha value is -4.46. The first-order chi connectivity index (χ1) is 37.2. The minimum Gasteiger partial charge on any atom is -0.454 e. The SMILES string of the molecule is CC/C=C\C/C=C\C/C=C\C/C=C\C/C=C\C/C=C\CCCCCC(O)C(=O)NC(COC1OC(CO)C(O)C(O)C1OC(=O)CCC/C=C/C=C\C=C/C=C/C=C/CC)C(O)/C=C/CCCCCCCCCCCC. The van der Waals surface area contributed by atoms with E-state index in [1.165, 1.54) is 44.9 Å². The van der Waals surface area contributed by atoms with Crippen LogP contribution in [0.2, 0.25) is 0 Å². The number of hydrogen-bond donors (Lipinski definition) is 6. The van der Waals surface area contributed by atoms with Gasteiger partial charge in [0.1, 0.15) is 24.4 Å². The van der Waals surface area contributed by atoms with Crippen LogP contribution in [0.5, 0.6) is 0 Å². The molecular formula is C65H103NO10. The van der Waals surface area contributed by atoms with Gasteiger partial charge in [0, 0.05) is 6.42 Å². The average Bonchev–Trinajstić information content (AvgIpc) is 3.42. The highest BCUT2D eigenvalue weighted by Crippen LogP contribution is 2.26. The molecular weight excluding hydrogens is 955 g/mol. The zero-order valence-corrected chi connectivity index (χ0v) is 47.1. The van der Waals surface area contributed by atoms with Crippen molar-refractivity contribution in [2.45, 2.75) is 237 Å². The van der Waals surface area contributed by atoms with Gasteiger partial charge in [-0.05, 0) is 89.9 Å². The van der Waals surface area contributed by atoms with Crippen LogP contribution in [0.4, 0.5) is 0 Å². The van der Waals surface area contributed by atoms with Gasteiger partial charge in [-0.1, -0.05) is 237 Å². The van der Waals surface area contributed by atoms with Gasteiger partial charge in [-0.15, -0.1) is 0 Å². The molecule has 8 atom stereocenters. The van der Waals surface area contributed by atoms with Crippen molar-refractivity contribution in [2.24, 2.45) is 0 Å². The Kier molecular flexibility index (Phi) is 47.0. The normalized spacial score (nSPS) is 20.2. The number of rotatable bonds is 46. The van der Waals surface area contributed by atoms with Gasteiger partial charge in [-0.3, -0.25) is 9.59 Å². The molecule has 0 aromatic carbocycles. The summed E-state index contributed by atoms with van der Waals surface area (Å²) in [6, 6.07) is -1.06. The van der Waals surface area contributed by atoms with Crippen LogP contribution in [0.15, 0.2) is 146 Å². The molecule has 1 fully saturated rings. The molecule has 0 saturated carbocycles. The minimum atomic E-state index is -1.66. The third kappa shape index (κ3) is 39.0. The highest BCUT2D eigenvalue weighted by Gasteiger charge is 2.47. The molecule has 1 heterocycles. The molecule has 76 heavy (non-hydrogen) atoms. The van der Waals surface area contributed by atoms with E-state index in [1.807, 2.05) is 60.8 Å². The molecule has 0 aromatic rings. The zero-order chi connectivity index (χ0) is 55.4. The maximum absolute atomic E-state index is 13.4. The predicted octanol–water partition coefficient (Wildman–Crippen LogP) is 13.4. The highest BCUT2D eigenvalue weighted by molar-refractivity contribution is 5.80. The molecule has 0 bridgehead atoms. The van der Waals surface area contributed by atoms with E-state index in [1.54, 1.807) is 6.08 Å². The summed E-state index contributed by atoms with van der Waals surface area (Å²) in [5.74, 6) is -1.32. The molecule has 0 radical (unpaired) electrons. The molecule has 8 unspecified atom stereocenters. The first-order valence-corrected chi connectivity index (χ1v) is 29.2. The number of ether oxygens (including phenoxy) is 3. The number of aliphatic hydroxyl groups excluding tert-OH is 5. The van der Waals surface area contributed by atoms with E-state index >= 15 is 0 Å². The minimum absolute atomic E-state index is 0.0150. The molecule has 1 aliphatic rings. The van der Waals surface area contributed by atoms with Gasteiger partial charge in [0.2, 0.25) is 5.91 Å². The van der Waals surface area contributed by atoms with Gasteiger partial charge in [0.25, 0.3) is 0 Å². The van der Waals surface area contributed by atoms with Gasteiger partial charge >= 0.3 is 5.97 Å². The van der Waals surface area contributed by atoms with E-state index in [9.17, 15) is 35.1 Å². The van der Waals surface area contributed by atoms with E-state index in [2.05, 4.69) is 105 Å². The predicted molar refractivity (Wildman–Crippen MR) is 314 cm³/mol.